The molecule has 1 atom stereocenters. The maximum Gasteiger partial charge on any atom is 0.378 e. The molecule has 0 amide bonds. The predicted octanol–water partition coefficient (Wildman–Crippen LogP) is 7.66. The smallest absolute Gasteiger partial charge is 0.378 e. The molecule has 0 aromatic carbocycles. The number of rotatable bonds is 18. The molecule has 4 heteroatoms. The van der Waals surface area contributed by atoms with Crippen LogP contribution >= 0.6 is 0 Å². The molecule has 0 fully saturated rings. The molecule has 1 N–H and O–H groups in total. The first kappa shape index (κ1) is 25.3. The minimum atomic E-state index is -0.592. The molecule has 1 rings (SSSR count). The lowest BCUT2D eigenvalue weighted by molar-refractivity contribution is -0.142. The quantitative estimate of drug-likeness (QED) is 0.110. The molecular formula is C25H42O4. The van der Waals surface area contributed by atoms with Crippen LogP contribution in [0.4, 0.5) is 0 Å². The van der Waals surface area contributed by atoms with Crippen LogP contribution in [0.1, 0.15) is 110 Å². The molecule has 0 aromatic heterocycles. The van der Waals surface area contributed by atoms with Crippen LogP contribution in [-0.4, -0.2) is 17.2 Å². The van der Waals surface area contributed by atoms with Crippen LogP contribution in [0.3, 0.4) is 0 Å². The number of esters is 1. The number of aliphatic hydroxyl groups is 1. The molecule has 166 valence electrons. The number of ether oxygens (including phenoxy) is 2. The number of carbonyl (C=O) groups excluding carboxylic acids is 1. The second-order valence-electron chi connectivity index (χ2n) is 7.92. The van der Waals surface area contributed by atoms with Gasteiger partial charge in [0.2, 0.25) is 0 Å². The summed E-state index contributed by atoms with van der Waals surface area (Å²) in [6.45, 7) is 4.04. The third-order valence-electron chi connectivity index (χ3n) is 5.28. The normalized spacial score (nSPS) is 17.0. The Morgan fingerprint density at radius 2 is 1.45 bits per heavy atom. The zero-order valence-corrected chi connectivity index (χ0v) is 18.7. The van der Waals surface area contributed by atoms with Crippen molar-refractivity contribution in [2.45, 2.75) is 116 Å². The highest BCUT2D eigenvalue weighted by atomic mass is 16.6. The fraction of sp³-hybridized carbons (Fsp3) is 0.720. The Bertz CT molecular complexity index is 519. The van der Waals surface area contributed by atoms with Crippen molar-refractivity contribution in [3.8, 4) is 0 Å². The highest BCUT2D eigenvalue weighted by Crippen LogP contribution is 2.25. The maximum atomic E-state index is 11.7. The van der Waals surface area contributed by atoms with E-state index in [-0.39, 0.29) is 11.5 Å². The third-order valence-corrected chi connectivity index (χ3v) is 5.28. The summed E-state index contributed by atoms with van der Waals surface area (Å²) in [5.74, 6) is -0.776. The number of carbonyl (C=O) groups is 1. The number of aliphatic hydroxyl groups excluding tert-OH is 1. The summed E-state index contributed by atoms with van der Waals surface area (Å²) < 4.78 is 10.2. The molecule has 0 saturated carbocycles. The fourth-order valence-electron chi connectivity index (χ4n) is 3.52. The minimum Gasteiger partial charge on any atom is -0.505 e. The van der Waals surface area contributed by atoms with Crippen molar-refractivity contribution in [2.75, 3.05) is 0 Å². The lowest BCUT2D eigenvalue weighted by Gasteiger charge is -2.07. The van der Waals surface area contributed by atoms with Crippen molar-refractivity contribution in [2.24, 2.45) is 0 Å². The van der Waals surface area contributed by atoms with Crippen molar-refractivity contribution in [1.29, 1.82) is 0 Å². The van der Waals surface area contributed by atoms with Crippen molar-refractivity contribution in [3.05, 3.63) is 36.0 Å². The Hall–Kier alpha value is -1.71. The molecule has 0 aliphatic carbocycles. The number of cyclic esters (lactones) is 1. The fourth-order valence-corrected chi connectivity index (χ4v) is 3.52. The summed E-state index contributed by atoms with van der Waals surface area (Å²) in [6, 6.07) is 0. The molecule has 0 spiro atoms. The van der Waals surface area contributed by atoms with E-state index in [2.05, 4.69) is 19.1 Å². The van der Waals surface area contributed by atoms with Crippen molar-refractivity contribution >= 4 is 5.97 Å². The number of hydrogen-bond acceptors (Lipinski definition) is 4. The van der Waals surface area contributed by atoms with Gasteiger partial charge in [-0.1, -0.05) is 95.8 Å². The molecule has 29 heavy (non-hydrogen) atoms. The zero-order chi connectivity index (χ0) is 21.2. The average molecular weight is 407 g/mol. The van der Waals surface area contributed by atoms with Gasteiger partial charge in [-0.25, -0.2) is 4.79 Å². The van der Waals surface area contributed by atoms with Gasteiger partial charge in [-0.3, -0.25) is 0 Å². The first-order valence-corrected chi connectivity index (χ1v) is 11.8. The van der Waals surface area contributed by atoms with E-state index in [0.717, 1.165) is 12.8 Å². The minimum absolute atomic E-state index is 0.0893. The first-order chi connectivity index (χ1) is 14.2. The first-order valence-electron chi connectivity index (χ1n) is 11.8. The van der Waals surface area contributed by atoms with Crippen LogP contribution in [-0.2, 0) is 14.3 Å². The highest BCUT2D eigenvalue weighted by molar-refractivity contribution is 5.89. The van der Waals surface area contributed by atoms with Crippen LogP contribution in [0.5, 0.6) is 0 Å². The number of hydrogen-bond donors (Lipinski definition) is 1. The van der Waals surface area contributed by atoms with Gasteiger partial charge in [0, 0.05) is 0 Å². The Labute approximate surface area is 178 Å². The lowest BCUT2D eigenvalue weighted by atomic mass is 10.0. The molecule has 0 saturated heterocycles. The van der Waals surface area contributed by atoms with Crippen LogP contribution in [0.2, 0.25) is 0 Å². The van der Waals surface area contributed by atoms with Crippen molar-refractivity contribution in [3.63, 3.8) is 0 Å². The van der Waals surface area contributed by atoms with Gasteiger partial charge in [0.05, 0.1) is 6.26 Å². The van der Waals surface area contributed by atoms with Crippen LogP contribution in [0, 0.1) is 0 Å². The Kier molecular flexibility index (Phi) is 15.0. The Morgan fingerprint density at radius 1 is 0.897 bits per heavy atom. The molecule has 1 aliphatic heterocycles. The van der Waals surface area contributed by atoms with Gasteiger partial charge >= 0.3 is 5.97 Å². The monoisotopic (exact) mass is 406 g/mol. The highest BCUT2D eigenvalue weighted by Gasteiger charge is 2.35. The molecule has 0 bridgehead atoms. The van der Waals surface area contributed by atoms with Gasteiger partial charge in [-0.15, -0.1) is 0 Å². The Balaban J connectivity index is 1.95. The zero-order valence-electron chi connectivity index (χ0n) is 18.7. The van der Waals surface area contributed by atoms with Gasteiger partial charge in [-0.05, 0) is 32.6 Å². The van der Waals surface area contributed by atoms with E-state index < -0.39 is 12.1 Å². The van der Waals surface area contributed by atoms with E-state index >= 15 is 0 Å². The van der Waals surface area contributed by atoms with Gasteiger partial charge in [0.1, 0.15) is 0 Å². The van der Waals surface area contributed by atoms with E-state index in [1.165, 1.54) is 83.3 Å². The van der Waals surface area contributed by atoms with Crippen LogP contribution in [0.25, 0.3) is 0 Å². The molecule has 1 aliphatic rings. The summed E-state index contributed by atoms with van der Waals surface area (Å²) >= 11 is 0. The van der Waals surface area contributed by atoms with E-state index in [9.17, 15) is 9.90 Å². The predicted molar refractivity (Wildman–Crippen MR) is 120 cm³/mol. The second-order valence-corrected chi connectivity index (χ2v) is 7.92. The van der Waals surface area contributed by atoms with Crippen molar-refractivity contribution < 1.29 is 19.4 Å². The summed E-state index contributed by atoms with van der Waals surface area (Å²) in [4.78, 5) is 11.7. The number of unbranched alkanes of at least 4 members (excludes halogenated alkanes) is 12. The Morgan fingerprint density at radius 3 is 2.03 bits per heavy atom. The van der Waals surface area contributed by atoms with Crippen LogP contribution < -0.4 is 0 Å². The van der Waals surface area contributed by atoms with Gasteiger partial charge in [-0.2, -0.15) is 0 Å². The van der Waals surface area contributed by atoms with Crippen LogP contribution in [0.15, 0.2) is 36.0 Å². The van der Waals surface area contributed by atoms with Crippen molar-refractivity contribution in [1.82, 2.24) is 0 Å². The SMILES string of the molecule is CC=COC1=C(O)[C@@H](CCC=CCCCCCCCCCCCCCC)OC1=O. The lowest BCUT2D eigenvalue weighted by Crippen LogP contribution is -2.10. The molecule has 1 heterocycles. The molecule has 4 nitrogen and oxygen atoms in total. The standard InChI is InChI=1S/C25H42O4/c1-3-5-6-7-8-9-10-11-12-13-14-15-16-17-18-19-20-22-23(26)24(25(27)29-22)28-21-4-2/h4,17-18,21-22,26H,3,5-16,19-20H2,1-2H3/t22-/m1/s1. The molecular weight excluding hydrogens is 364 g/mol. The van der Waals surface area contributed by atoms with E-state index in [0.29, 0.717) is 6.42 Å². The molecule has 0 radical (unpaired) electrons. The second kappa shape index (κ2) is 17.2. The largest absolute Gasteiger partial charge is 0.505 e. The maximum absolute atomic E-state index is 11.7. The van der Waals surface area contributed by atoms with Gasteiger partial charge in [0.15, 0.2) is 11.9 Å². The summed E-state index contributed by atoms with van der Waals surface area (Å²) in [5.41, 5.74) is 0. The van der Waals surface area contributed by atoms with E-state index in [4.69, 9.17) is 9.47 Å². The van der Waals surface area contributed by atoms with Gasteiger partial charge in [0.25, 0.3) is 5.76 Å². The molecule has 0 aromatic rings. The number of allylic oxidation sites excluding steroid dienone is 3. The van der Waals surface area contributed by atoms with E-state index in [1.807, 2.05) is 0 Å². The summed E-state index contributed by atoms with van der Waals surface area (Å²) in [5, 5.41) is 10.0. The summed E-state index contributed by atoms with van der Waals surface area (Å²) in [6.07, 6.45) is 25.6. The average Bonchev–Trinajstić information content (AvgIpc) is 2.99. The third kappa shape index (κ3) is 11.8. The topological polar surface area (TPSA) is 55.8 Å². The van der Waals surface area contributed by atoms with Gasteiger partial charge < -0.3 is 14.6 Å². The molecule has 0 unspecified atom stereocenters. The van der Waals surface area contributed by atoms with E-state index in [1.54, 1.807) is 13.0 Å². The summed E-state index contributed by atoms with van der Waals surface area (Å²) in [7, 11) is 0.